The molecule has 0 aliphatic carbocycles. The van der Waals surface area contributed by atoms with Crippen molar-refractivity contribution in [2.24, 2.45) is 0 Å². The van der Waals surface area contributed by atoms with Crippen molar-refractivity contribution in [1.29, 1.82) is 0 Å². The Morgan fingerprint density at radius 2 is 1.90 bits per heavy atom. The molecule has 0 radical (unpaired) electrons. The first-order valence-electron chi connectivity index (χ1n) is 6.81. The van der Waals surface area contributed by atoms with Gasteiger partial charge in [-0.15, -0.1) is 11.8 Å². The largest absolute Gasteiger partial charge is 0.355 e. The summed E-state index contributed by atoms with van der Waals surface area (Å²) in [4.78, 5) is 14.4. The Morgan fingerprint density at radius 3 is 2.71 bits per heavy atom. The molecule has 1 amide bonds. The molecule has 5 heteroatoms. The molecule has 3 nitrogen and oxygen atoms in total. The lowest BCUT2D eigenvalue weighted by atomic mass is 10.1. The van der Waals surface area contributed by atoms with Gasteiger partial charge >= 0.3 is 0 Å². The van der Waals surface area contributed by atoms with Crippen molar-refractivity contribution in [2.75, 3.05) is 10.2 Å². The fraction of sp³-hybridized carbons (Fsp3) is 0.188. The van der Waals surface area contributed by atoms with Crippen molar-refractivity contribution in [3.8, 4) is 0 Å². The Hall–Kier alpha value is -1.65. The van der Waals surface area contributed by atoms with Crippen molar-refractivity contribution in [1.82, 2.24) is 0 Å². The average Bonchev–Trinajstić information content (AvgIpc) is 2.86. The highest BCUT2D eigenvalue weighted by molar-refractivity contribution is 8.00. The second kappa shape index (κ2) is 4.97. The summed E-state index contributed by atoms with van der Waals surface area (Å²) in [6.07, 6.45) is 0.513. The lowest BCUT2D eigenvalue weighted by molar-refractivity contribution is -0.118. The number of anilines is 2. The van der Waals surface area contributed by atoms with Gasteiger partial charge in [0.15, 0.2) is 5.50 Å². The van der Waals surface area contributed by atoms with E-state index in [4.69, 9.17) is 11.6 Å². The minimum Gasteiger partial charge on any atom is -0.355 e. The van der Waals surface area contributed by atoms with Crippen LogP contribution in [0.2, 0.25) is 5.02 Å². The van der Waals surface area contributed by atoms with E-state index >= 15 is 0 Å². The van der Waals surface area contributed by atoms with Crippen molar-refractivity contribution in [2.45, 2.75) is 17.2 Å². The predicted molar refractivity (Wildman–Crippen MR) is 87.7 cm³/mol. The molecular formula is C16H13ClN2OS. The molecule has 4 rings (SSSR count). The van der Waals surface area contributed by atoms with Crippen LogP contribution in [0.15, 0.2) is 48.5 Å². The summed E-state index contributed by atoms with van der Waals surface area (Å²) >= 11 is 7.71. The van der Waals surface area contributed by atoms with E-state index in [1.165, 1.54) is 0 Å². The summed E-state index contributed by atoms with van der Waals surface area (Å²) in [5, 5.41) is 4.31. The molecular weight excluding hydrogens is 304 g/mol. The number of carbonyl (C=O) groups excluding carboxylic acids is 1. The summed E-state index contributed by atoms with van der Waals surface area (Å²) in [6, 6.07) is 15.7. The number of hydrogen-bond donors (Lipinski definition) is 1. The van der Waals surface area contributed by atoms with Gasteiger partial charge in [-0.3, -0.25) is 9.69 Å². The van der Waals surface area contributed by atoms with E-state index in [1.807, 2.05) is 53.4 Å². The Bertz CT molecular complexity index is 704. The van der Waals surface area contributed by atoms with Gasteiger partial charge in [-0.2, -0.15) is 0 Å². The molecule has 2 atom stereocenters. The lowest BCUT2D eigenvalue weighted by Crippen LogP contribution is -2.43. The second-order valence-corrected chi connectivity index (χ2v) is 6.88. The quantitative estimate of drug-likeness (QED) is 0.853. The second-order valence-electron chi connectivity index (χ2n) is 5.16. The van der Waals surface area contributed by atoms with Crippen LogP contribution < -0.4 is 10.2 Å². The highest BCUT2D eigenvalue weighted by Gasteiger charge is 2.40. The molecule has 2 aliphatic heterocycles. The summed E-state index contributed by atoms with van der Waals surface area (Å²) in [5.74, 6) is 0.163. The van der Waals surface area contributed by atoms with Gasteiger partial charge in [0, 0.05) is 16.7 Å². The highest BCUT2D eigenvalue weighted by Crippen LogP contribution is 2.48. The zero-order valence-corrected chi connectivity index (χ0v) is 12.7. The van der Waals surface area contributed by atoms with Crippen molar-refractivity contribution in [3.63, 3.8) is 0 Å². The van der Waals surface area contributed by atoms with Crippen LogP contribution >= 0.6 is 23.4 Å². The van der Waals surface area contributed by atoms with Crippen LogP contribution in [0.4, 0.5) is 11.4 Å². The maximum Gasteiger partial charge on any atom is 0.230 e. The molecule has 0 aromatic heterocycles. The molecule has 1 saturated heterocycles. The molecule has 106 valence electrons. The first kappa shape index (κ1) is 13.0. The van der Waals surface area contributed by atoms with Crippen molar-refractivity contribution >= 4 is 40.6 Å². The first-order valence-corrected chi connectivity index (χ1v) is 8.13. The minimum atomic E-state index is -0.0238. The van der Waals surface area contributed by atoms with Crippen LogP contribution in [-0.2, 0) is 4.79 Å². The van der Waals surface area contributed by atoms with Gasteiger partial charge in [0.1, 0.15) is 0 Å². The van der Waals surface area contributed by atoms with Crippen molar-refractivity contribution < 1.29 is 4.79 Å². The molecule has 0 spiro atoms. The highest BCUT2D eigenvalue weighted by atomic mass is 35.5. The van der Waals surface area contributed by atoms with Gasteiger partial charge in [-0.25, -0.2) is 0 Å². The summed E-state index contributed by atoms with van der Waals surface area (Å²) in [6.45, 7) is 0. The molecule has 0 saturated carbocycles. The normalized spacial score (nSPS) is 23.5. The summed E-state index contributed by atoms with van der Waals surface area (Å²) in [5.41, 5.74) is 3.13. The molecule has 1 N–H and O–H groups in total. The average molecular weight is 317 g/mol. The first-order chi connectivity index (χ1) is 10.2. The summed E-state index contributed by atoms with van der Waals surface area (Å²) in [7, 11) is 0. The van der Waals surface area contributed by atoms with E-state index in [2.05, 4.69) is 5.32 Å². The molecule has 2 aromatic rings. The van der Waals surface area contributed by atoms with Crippen LogP contribution in [0.25, 0.3) is 0 Å². The third kappa shape index (κ3) is 2.19. The number of amides is 1. The fourth-order valence-electron chi connectivity index (χ4n) is 2.82. The van der Waals surface area contributed by atoms with Crippen LogP contribution in [0.3, 0.4) is 0 Å². The molecule has 2 aliphatic rings. The SMILES string of the molecule is O=C1C[C@@H](c2ccc(Cl)cc2)S[C@@H]2Nc3ccccc3N12. The third-order valence-corrected chi connectivity index (χ3v) is 5.45. The number of carbonyl (C=O) groups is 1. The van der Waals surface area contributed by atoms with E-state index in [1.54, 1.807) is 11.8 Å². The number of rotatable bonds is 1. The minimum absolute atomic E-state index is 0.0238. The smallest absolute Gasteiger partial charge is 0.230 e. The van der Waals surface area contributed by atoms with Crippen LogP contribution in [-0.4, -0.2) is 11.4 Å². The number of hydrogen-bond acceptors (Lipinski definition) is 3. The standard InChI is InChI=1S/C16H13ClN2OS/c17-11-7-5-10(6-8-11)14-9-15(20)19-13-4-2-1-3-12(13)18-16(19)21-14/h1-8,14,16,18H,9H2/t14-,16+/m0/s1. The van der Waals surface area contributed by atoms with Gasteiger partial charge in [0.05, 0.1) is 11.4 Å². The van der Waals surface area contributed by atoms with E-state index in [0.717, 1.165) is 22.0 Å². The van der Waals surface area contributed by atoms with Crippen molar-refractivity contribution in [3.05, 3.63) is 59.1 Å². The summed E-state index contributed by atoms with van der Waals surface area (Å²) < 4.78 is 0. The van der Waals surface area contributed by atoms with Crippen LogP contribution in [0.5, 0.6) is 0 Å². The van der Waals surface area contributed by atoms with E-state index in [-0.39, 0.29) is 16.7 Å². The molecule has 0 unspecified atom stereocenters. The zero-order valence-electron chi connectivity index (χ0n) is 11.1. The maximum atomic E-state index is 12.5. The Kier molecular flexibility index (Phi) is 3.08. The number of benzene rings is 2. The van der Waals surface area contributed by atoms with Gasteiger partial charge in [-0.1, -0.05) is 35.9 Å². The van der Waals surface area contributed by atoms with E-state index in [0.29, 0.717) is 6.42 Å². The van der Waals surface area contributed by atoms with Crippen LogP contribution in [0, 0.1) is 0 Å². The molecule has 2 heterocycles. The van der Waals surface area contributed by atoms with E-state index < -0.39 is 0 Å². The van der Waals surface area contributed by atoms with E-state index in [9.17, 15) is 4.79 Å². The van der Waals surface area contributed by atoms with Crippen LogP contribution in [0.1, 0.15) is 17.2 Å². The fourth-order valence-corrected chi connectivity index (χ4v) is 4.36. The number of thioether (sulfide) groups is 1. The van der Waals surface area contributed by atoms with Gasteiger partial charge in [0.2, 0.25) is 5.91 Å². The third-order valence-electron chi connectivity index (χ3n) is 3.84. The molecule has 0 bridgehead atoms. The number of nitrogens with one attached hydrogen (secondary N) is 1. The maximum absolute atomic E-state index is 12.5. The Labute approximate surface area is 132 Å². The van der Waals surface area contributed by atoms with Gasteiger partial charge in [-0.05, 0) is 29.8 Å². The Balaban J connectivity index is 1.63. The topological polar surface area (TPSA) is 32.3 Å². The molecule has 21 heavy (non-hydrogen) atoms. The van der Waals surface area contributed by atoms with Gasteiger partial charge in [0.25, 0.3) is 0 Å². The molecule has 1 fully saturated rings. The number of nitrogens with zero attached hydrogens (tertiary/aromatic N) is 1. The lowest BCUT2D eigenvalue weighted by Gasteiger charge is -2.34. The number of para-hydroxylation sites is 2. The molecule has 2 aromatic carbocycles. The van der Waals surface area contributed by atoms with Gasteiger partial charge < -0.3 is 5.32 Å². The predicted octanol–water partition coefficient (Wildman–Crippen LogP) is 4.26. The Morgan fingerprint density at radius 1 is 1.14 bits per heavy atom. The monoisotopic (exact) mass is 316 g/mol. The zero-order chi connectivity index (χ0) is 14.4. The number of halogens is 1. The number of fused-ring (bicyclic) bond motifs is 3.